The number of fused-ring (bicyclic) bond motifs is 1. The van der Waals surface area contributed by atoms with Crippen LogP contribution in [0.15, 0.2) is 67.1 Å². The van der Waals surface area contributed by atoms with Crippen LogP contribution in [-0.2, 0) is 6.54 Å². The molecule has 1 unspecified atom stereocenters. The molecule has 1 saturated heterocycles. The number of piperidine rings is 1. The van der Waals surface area contributed by atoms with Crippen LogP contribution in [-0.4, -0.2) is 35.2 Å². The molecule has 6 nitrogen and oxygen atoms in total. The molecule has 4 aromatic rings. The van der Waals surface area contributed by atoms with Gasteiger partial charge in [-0.05, 0) is 54.3 Å². The first kappa shape index (κ1) is 19.4. The third kappa shape index (κ3) is 4.19. The van der Waals surface area contributed by atoms with Gasteiger partial charge in [-0.25, -0.2) is 9.97 Å². The second-order valence-corrected chi connectivity index (χ2v) is 8.05. The molecule has 1 aliphatic rings. The number of nitrogens with zero attached hydrogens (tertiary/aromatic N) is 3. The van der Waals surface area contributed by atoms with Crippen molar-refractivity contribution >= 4 is 22.5 Å². The van der Waals surface area contributed by atoms with Crippen LogP contribution >= 0.6 is 0 Å². The van der Waals surface area contributed by atoms with E-state index in [4.69, 9.17) is 4.74 Å². The second kappa shape index (κ2) is 8.68. The lowest BCUT2D eigenvalue weighted by atomic mass is 9.90. The van der Waals surface area contributed by atoms with Crippen LogP contribution in [0, 0.1) is 0 Å². The van der Waals surface area contributed by atoms with Crippen LogP contribution in [0.1, 0.15) is 29.9 Å². The first-order valence-electron chi connectivity index (χ1n) is 10.8. The van der Waals surface area contributed by atoms with Crippen LogP contribution in [0.2, 0.25) is 0 Å². The van der Waals surface area contributed by atoms with Crippen molar-refractivity contribution in [2.45, 2.75) is 25.3 Å². The summed E-state index contributed by atoms with van der Waals surface area (Å²) in [5.41, 5.74) is 4.66. The molecule has 0 bridgehead atoms. The van der Waals surface area contributed by atoms with Crippen LogP contribution in [0.25, 0.3) is 11.0 Å². The summed E-state index contributed by atoms with van der Waals surface area (Å²) in [7, 11) is 1.69. The molecule has 6 heteroatoms. The molecule has 0 amide bonds. The minimum Gasteiger partial charge on any atom is -0.497 e. The average Bonchev–Trinajstić information content (AvgIpc) is 3.32. The molecular weight excluding hydrogens is 386 g/mol. The lowest BCUT2D eigenvalue weighted by Gasteiger charge is -2.34. The van der Waals surface area contributed by atoms with Crippen LogP contribution in [0.3, 0.4) is 0 Å². The normalized spacial score (nSPS) is 16.4. The summed E-state index contributed by atoms with van der Waals surface area (Å²) in [4.78, 5) is 14.5. The Bertz CT molecular complexity index is 1150. The van der Waals surface area contributed by atoms with Crippen molar-refractivity contribution in [2.24, 2.45) is 0 Å². The first-order valence-corrected chi connectivity index (χ1v) is 10.8. The molecule has 0 spiro atoms. The van der Waals surface area contributed by atoms with E-state index in [0.29, 0.717) is 5.92 Å². The largest absolute Gasteiger partial charge is 0.497 e. The number of hydrogen-bond acceptors (Lipinski definition) is 5. The van der Waals surface area contributed by atoms with E-state index in [0.717, 1.165) is 54.3 Å². The smallest absolute Gasteiger partial charge is 0.142 e. The van der Waals surface area contributed by atoms with Gasteiger partial charge in [0.15, 0.2) is 0 Å². The van der Waals surface area contributed by atoms with Crippen molar-refractivity contribution in [3.05, 3.63) is 78.2 Å². The summed E-state index contributed by atoms with van der Waals surface area (Å²) >= 11 is 0. The van der Waals surface area contributed by atoms with E-state index in [-0.39, 0.29) is 0 Å². The third-order valence-corrected chi connectivity index (χ3v) is 6.07. The van der Waals surface area contributed by atoms with Gasteiger partial charge in [-0.2, -0.15) is 0 Å². The lowest BCUT2D eigenvalue weighted by Crippen LogP contribution is -2.35. The van der Waals surface area contributed by atoms with E-state index >= 15 is 0 Å². The summed E-state index contributed by atoms with van der Waals surface area (Å²) in [5, 5.41) is 4.66. The summed E-state index contributed by atoms with van der Waals surface area (Å²) < 4.78 is 5.24. The SMILES string of the molecule is COc1ccc(CNc2cccc(C3CCCN(c4ncnc5[nH]ccc45)C3)c2)cc1. The number of ether oxygens (including phenoxy) is 1. The molecule has 0 radical (unpaired) electrons. The molecular formula is C25H27N5O. The molecule has 158 valence electrons. The molecule has 1 fully saturated rings. The van der Waals surface area contributed by atoms with Crippen LogP contribution in [0.4, 0.5) is 11.5 Å². The van der Waals surface area contributed by atoms with Crippen molar-refractivity contribution in [1.29, 1.82) is 0 Å². The van der Waals surface area contributed by atoms with Gasteiger partial charge in [-0.15, -0.1) is 0 Å². The molecule has 5 rings (SSSR count). The van der Waals surface area contributed by atoms with Crippen molar-refractivity contribution in [2.75, 3.05) is 30.4 Å². The Morgan fingerprint density at radius 3 is 2.90 bits per heavy atom. The highest BCUT2D eigenvalue weighted by Crippen LogP contribution is 2.32. The Labute approximate surface area is 182 Å². The summed E-state index contributed by atoms with van der Waals surface area (Å²) in [6, 6.07) is 19.1. The number of anilines is 2. The second-order valence-electron chi connectivity index (χ2n) is 8.05. The van der Waals surface area contributed by atoms with E-state index < -0.39 is 0 Å². The maximum Gasteiger partial charge on any atom is 0.142 e. The molecule has 2 aromatic heterocycles. The monoisotopic (exact) mass is 413 g/mol. The number of benzene rings is 2. The first-order chi connectivity index (χ1) is 15.3. The highest BCUT2D eigenvalue weighted by molar-refractivity contribution is 5.87. The summed E-state index contributed by atoms with van der Waals surface area (Å²) in [6.45, 7) is 2.79. The van der Waals surface area contributed by atoms with Gasteiger partial charge < -0.3 is 19.9 Å². The minimum absolute atomic E-state index is 0.487. The zero-order valence-corrected chi connectivity index (χ0v) is 17.7. The fraction of sp³-hybridized carbons (Fsp3) is 0.280. The fourth-order valence-corrected chi connectivity index (χ4v) is 4.40. The average molecular weight is 414 g/mol. The zero-order valence-electron chi connectivity index (χ0n) is 17.7. The molecule has 0 saturated carbocycles. The quantitative estimate of drug-likeness (QED) is 0.468. The Hall–Kier alpha value is -3.54. The number of hydrogen-bond donors (Lipinski definition) is 2. The number of rotatable bonds is 6. The van der Waals surface area contributed by atoms with Crippen LogP contribution < -0.4 is 15.0 Å². The minimum atomic E-state index is 0.487. The molecule has 0 aliphatic carbocycles. The Kier molecular flexibility index (Phi) is 5.44. The van der Waals surface area contributed by atoms with Gasteiger partial charge in [0, 0.05) is 37.4 Å². The predicted molar refractivity (Wildman–Crippen MR) is 125 cm³/mol. The highest BCUT2D eigenvalue weighted by atomic mass is 16.5. The summed E-state index contributed by atoms with van der Waals surface area (Å²) in [5.74, 6) is 2.40. The van der Waals surface area contributed by atoms with Gasteiger partial charge in [-0.1, -0.05) is 24.3 Å². The Morgan fingerprint density at radius 2 is 2.03 bits per heavy atom. The lowest BCUT2D eigenvalue weighted by molar-refractivity contribution is 0.414. The van der Waals surface area contributed by atoms with Gasteiger partial charge in [0.25, 0.3) is 0 Å². The summed E-state index contributed by atoms with van der Waals surface area (Å²) in [6.07, 6.45) is 5.94. The van der Waals surface area contributed by atoms with Gasteiger partial charge >= 0.3 is 0 Å². The van der Waals surface area contributed by atoms with Crippen molar-refractivity contribution in [3.63, 3.8) is 0 Å². The molecule has 2 aromatic carbocycles. The topological polar surface area (TPSA) is 66.1 Å². The molecule has 1 aliphatic heterocycles. The maximum atomic E-state index is 5.24. The number of aromatic nitrogens is 3. The number of nitrogens with one attached hydrogen (secondary N) is 2. The van der Waals surface area contributed by atoms with Crippen molar-refractivity contribution in [3.8, 4) is 5.75 Å². The van der Waals surface area contributed by atoms with E-state index in [9.17, 15) is 0 Å². The van der Waals surface area contributed by atoms with E-state index in [1.54, 1.807) is 13.4 Å². The van der Waals surface area contributed by atoms with Gasteiger partial charge in [0.05, 0.1) is 12.5 Å². The van der Waals surface area contributed by atoms with Crippen LogP contribution in [0.5, 0.6) is 5.75 Å². The fourth-order valence-electron chi connectivity index (χ4n) is 4.40. The van der Waals surface area contributed by atoms with Crippen molar-refractivity contribution in [1.82, 2.24) is 15.0 Å². The zero-order chi connectivity index (χ0) is 21.0. The Morgan fingerprint density at radius 1 is 1.13 bits per heavy atom. The third-order valence-electron chi connectivity index (χ3n) is 6.07. The van der Waals surface area contributed by atoms with Gasteiger partial charge in [-0.3, -0.25) is 0 Å². The molecule has 31 heavy (non-hydrogen) atoms. The molecule has 3 heterocycles. The number of H-pyrrole nitrogens is 1. The molecule has 2 N–H and O–H groups in total. The van der Waals surface area contributed by atoms with E-state index in [2.05, 4.69) is 67.6 Å². The Balaban J connectivity index is 1.29. The maximum absolute atomic E-state index is 5.24. The number of methoxy groups -OCH3 is 1. The van der Waals surface area contributed by atoms with Gasteiger partial charge in [0.2, 0.25) is 0 Å². The molecule has 1 atom stereocenters. The standard InChI is InChI=1S/C25H27N5O/c1-31-22-9-7-18(8-10-22)15-27-21-6-2-4-19(14-21)20-5-3-13-30(16-20)25-23-11-12-26-24(23)28-17-29-25/h2,4,6-12,14,17,20,27H,3,5,13,15-16H2,1H3,(H,26,28,29). The highest BCUT2D eigenvalue weighted by Gasteiger charge is 2.24. The predicted octanol–water partition coefficient (Wildman–Crippen LogP) is 4.96. The van der Waals surface area contributed by atoms with Gasteiger partial charge in [0.1, 0.15) is 23.5 Å². The van der Waals surface area contributed by atoms with E-state index in [1.165, 1.54) is 17.5 Å². The van der Waals surface area contributed by atoms with E-state index in [1.807, 2.05) is 18.3 Å². The number of aromatic amines is 1. The van der Waals surface area contributed by atoms with Crippen molar-refractivity contribution < 1.29 is 4.74 Å².